The smallest absolute Gasteiger partial charge is 0.338 e. The first kappa shape index (κ1) is 25.4. The lowest BCUT2D eigenvalue weighted by molar-refractivity contribution is -0.121. The van der Waals surface area contributed by atoms with E-state index in [-0.39, 0.29) is 17.8 Å². The monoisotopic (exact) mass is 439 g/mol. The molecule has 0 heterocycles. The third-order valence-corrected chi connectivity index (χ3v) is 6.27. The Morgan fingerprint density at radius 2 is 1.69 bits per heavy atom. The number of anilines is 1. The second-order valence-electron chi connectivity index (χ2n) is 8.30. The molecule has 1 N–H and O–H groups in total. The fourth-order valence-electron chi connectivity index (χ4n) is 4.11. The SMILES string of the molecule is CCC1CCC(C(=O)Nc2ccc(C)c(OC)c2)CC1.CCc1ccccc1C(=O)OC. The van der Waals surface area contributed by atoms with E-state index in [9.17, 15) is 9.59 Å². The summed E-state index contributed by atoms with van der Waals surface area (Å²) in [7, 11) is 3.05. The Labute approximate surface area is 192 Å². The number of amides is 1. The molecule has 3 rings (SSSR count). The topological polar surface area (TPSA) is 64.6 Å². The molecule has 0 aliphatic heterocycles. The number of nitrogens with one attached hydrogen (secondary N) is 1. The summed E-state index contributed by atoms with van der Waals surface area (Å²) in [6, 6.07) is 13.3. The van der Waals surface area contributed by atoms with E-state index in [1.54, 1.807) is 13.2 Å². The minimum Gasteiger partial charge on any atom is -0.496 e. The van der Waals surface area contributed by atoms with E-state index >= 15 is 0 Å². The fourth-order valence-corrected chi connectivity index (χ4v) is 4.11. The molecule has 174 valence electrons. The van der Waals surface area contributed by atoms with Gasteiger partial charge in [-0.05, 0) is 68.2 Å². The van der Waals surface area contributed by atoms with Gasteiger partial charge in [0.15, 0.2) is 0 Å². The normalized spacial score (nSPS) is 17.5. The van der Waals surface area contributed by atoms with Crippen molar-refractivity contribution < 1.29 is 19.1 Å². The van der Waals surface area contributed by atoms with Crippen LogP contribution in [0.15, 0.2) is 42.5 Å². The van der Waals surface area contributed by atoms with Crippen molar-refractivity contribution in [1.82, 2.24) is 0 Å². The predicted molar refractivity (Wildman–Crippen MR) is 129 cm³/mol. The van der Waals surface area contributed by atoms with Gasteiger partial charge in [-0.15, -0.1) is 0 Å². The summed E-state index contributed by atoms with van der Waals surface area (Å²) < 4.78 is 9.93. The molecule has 0 atom stereocenters. The highest BCUT2D eigenvalue weighted by Crippen LogP contribution is 2.31. The van der Waals surface area contributed by atoms with Crippen molar-refractivity contribution >= 4 is 17.6 Å². The van der Waals surface area contributed by atoms with Crippen LogP contribution in [0.5, 0.6) is 5.75 Å². The zero-order chi connectivity index (χ0) is 23.5. The van der Waals surface area contributed by atoms with Gasteiger partial charge in [-0.2, -0.15) is 0 Å². The van der Waals surface area contributed by atoms with Crippen molar-refractivity contribution in [1.29, 1.82) is 0 Å². The van der Waals surface area contributed by atoms with E-state index in [1.807, 2.05) is 50.2 Å². The van der Waals surface area contributed by atoms with E-state index in [0.717, 1.165) is 47.7 Å². The van der Waals surface area contributed by atoms with Crippen LogP contribution in [-0.4, -0.2) is 26.1 Å². The number of carbonyl (C=O) groups excluding carboxylic acids is 2. The lowest BCUT2D eigenvalue weighted by Gasteiger charge is -2.27. The highest BCUT2D eigenvalue weighted by Gasteiger charge is 2.25. The highest BCUT2D eigenvalue weighted by molar-refractivity contribution is 5.93. The Morgan fingerprint density at radius 1 is 1.00 bits per heavy atom. The van der Waals surface area contributed by atoms with Gasteiger partial charge >= 0.3 is 5.97 Å². The minimum absolute atomic E-state index is 0.158. The molecule has 0 aromatic heterocycles. The van der Waals surface area contributed by atoms with Crippen molar-refractivity contribution in [2.45, 2.75) is 59.3 Å². The average Bonchev–Trinajstić information content (AvgIpc) is 2.85. The summed E-state index contributed by atoms with van der Waals surface area (Å²) in [5.41, 5.74) is 3.61. The molecular formula is C27H37NO4. The maximum absolute atomic E-state index is 12.3. The van der Waals surface area contributed by atoms with E-state index in [4.69, 9.17) is 4.74 Å². The maximum Gasteiger partial charge on any atom is 0.338 e. The fraction of sp³-hybridized carbons (Fsp3) is 0.481. The number of hydrogen-bond acceptors (Lipinski definition) is 4. The summed E-state index contributed by atoms with van der Waals surface area (Å²) in [6.07, 6.45) is 6.51. The molecular weight excluding hydrogens is 402 g/mol. The summed E-state index contributed by atoms with van der Waals surface area (Å²) in [5, 5.41) is 3.03. The van der Waals surface area contributed by atoms with Crippen molar-refractivity contribution in [2.75, 3.05) is 19.5 Å². The van der Waals surface area contributed by atoms with E-state index in [1.165, 1.54) is 26.4 Å². The van der Waals surface area contributed by atoms with Crippen LogP contribution in [0.4, 0.5) is 5.69 Å². The Balaban J connectivity index is 0.000000258. The molecule has 0 unspecified atom stereocenters. The number of ether oxygens (including phenoxy) is 2. The number of rotatable bonds is 6. The van der Waals surface area contributed by atoms with Gasteiger partial charge in [-0.3, -0.25) is 4.79 Å². The first-order valence-corrected chi connectivity index (χ1v) is 11.5. The van der Waals surface area contributed by atoms with Crippen LogP contribution >= 0.6 is 0 Å². The van der Waals surface area contributed by atoms with Crippen LogP contribution in [0.3, 0.4) is 0 Å². The average molecular weight is 440 g/mol. The minimum atomic E-state index is -0.257. The van der Waals surface area contributed by atoms with E-state index in [2.05, 4.69) is 17.0 Å². The Bertz CT molecular complexity index is 885. The van der Waals surface area contributed by atoms with Gasteiger partial charge < -0.3 is 14.8 Å². The van der Waals surface area contributed by atoms with Gasteiger partial charge in [-0.1, -0.05) is 44.5 Å². The molecule has 32 heavy (non-hydrogen) atoms. The van der Waals surface area contributed by atoms with Crippen molar-refractivity contribution in [3.63, 3.8) is 0 Å². The van der Waals surface area contributed by atoms with Gasteiger partial charge in [0.05, 0.1) is 19.8 Å². The second kappa shape index (κ2) is 12.9. The number of carbonyl (C=O) groups is 2. The van der Waals surface area contributed by atoms with Crippen LogP contribution < -0.4 is 10.1 Å². The predicted octanol–water partition coefficient (Wildman–Crippen LogP) is 6.19. The van der Waals surface area contributed by atoms with Gasteiger partial charge in [0.25, 0.3) is 0 Å². The lowest BCUT2D eigenvalue weighted by Crippen LogP contribution is -2.27. The van der Waals surface area contributed by atoms with Crippen LogP contribution in [0, 0.1) is 18.8 Å². The molecule has 1 aliphatic rings. The third kappa shape index (κ3) is 7.11. The largest absolute Gasteiger partial charge is 0.496 e. The highest BCUT2D eigenvalue weighted by atomic mass is 16.5. The standard InChI is InChI=1S/C17H25NO2.C10H12O2/c1-4-13-6-8-14(9-7-13)17(19)18-15-10-5-12(2)16(11-15)20-3;1-3-8-6-4-5-7-9(8)10(11)12-2/h5,10-11,13-14H,4,6-9H2,1-3H3,(H,18,19);4-7H,3H2,1-2H3. The van der Waals surface area contributed by atoms with Crippen molar-refractivity contribution in [2.24, 2.45) is 11.8 Å². The molecule has 2 aromatic carbocycles. The lowest BCUT2D eigenvalue weighted by atomic mass is 9.80. The van der Waals surface area contributed by atoms with Crippen LogP contribution in [0.2, 0.25) is 0 Å². The third-order valence-electron chi connectivity index (χ3n) is 6.27. The van der Waals surface area contributed by atoms with Gasteiger partial charge in [0.2, 0.25) is 5.91 Å². The zero-order valence-electron chi connectivity index (χ0n) is 20.1. The first-order chi connectivity index (χ1) is 15.4. The van der Waals surface area contributed by atoms with Crippen LogP contribution in [0.25, 0.3) is 0 Å². The number of methoxy groups -OCH3 is 2. The Hall–Kier alpha value is -2.82. The molecule has 5 heteroatoms. The van der Waals surface area contributed by atoms with Gasteiger partial charge in [0.1, 0.15) is 5.75 Å². The second-order valence-corrected chi connectivity index (χ2v) is 8.30. The molecule has 0 spiro atoms. The van der Waals surface area contributed by atoms with Gasteiger partial charge in [0, 0.05) is 17.7 Å². The van der Waals surface area contributed by atoms with E-state index < -0.39 is 0 Å². The Kier molecular flexibility index (Phi) is 10.3. The molecule has 1 aliphatic carbocycles. The molecule has 1 amide bonds. The molecule has 0 bridgehead atoms. The number of aryl methyl sites for hydroxylation is 2. The summed E-state index contributed by atoms with van der Waals surface area (Å²) in [4.78, 5) is 23.5. The first-order valence-electron chi connectivity index (χ1n) is 11.5. The molecule has 5 nitrogen and oxygen atoms in total. The zero-order valence-corrected chi connectivity index (χ0v) is 20.1. The van der Waals surface area contributed by atoms with Crippen molar-refractivity contribution in [3.8, 4) is 5.75 Å². The Morgan fingerprint density at radius 3 is 2.28 bits per heavy atom. The van der Waals surface area contributed by atoms with Crippen molar-refractivity contribution in [3.05, 3.63) is 59.2 Å². The number of hydrogen-bond donors (Lipinski definition) is 1. The quantitative estimate of drug-likeness (QED) is 0.545. The molecule has 0 radical (unpaired) electrons. The van der Waals surface area contributed by atoms with E-state index in [0.29, 0.717) is 5.56 Å². The van der Waals surface area contributed by atoms with Crippen LogP contribution in [-0.2, 0) is 16.0 Å². The molecule has 0 saturated heterocycles. The molecule has 1 fully saturated rings. The van der Waals surface area contributed by atoms with Crippen LogP contribution in [0.1, 0.15) is 67.4 Å². The molecule has 1 saturated carbocycles. The number of esters is 1. The maximum atomic E-state index is 12.3. The summed E-state index contributed by atoms with van der Waals surface area (Å²) in [6.45, 7) is 6.25. The van der Waals surface area contributed by atoms with Gasteiger partial charge in [-0.25, -0.2) is 4.79 Å². The number of benzene rings is 2. The molecule has 2 aromatic rings. The summed E-state index contributed by atoms with van der Waals surface area (Å²) >= 11 is 0. The summed E-state index contributed by atoms with van der Waals surface area (Å²) in [5.74, 6) is 1.71.